The smallest absolute Gasteiger partial charge is 0.269 e. The zero-order valence-corrected chi connectivity index (χ0v) is 21.2. The van der Waals surface area contributed by atoms with E-state index in [1.807, 2.05) is 13.0 Å². The van der Waals surface area contributed by atoms with Crippen LogP contribution in [0.5, 0.6) is 0 Å². The number of nitrogens with two attached hydrogens (primary N) is 1. The average molecular weight is 496 g/mol. The number of nitrogens with one attached hydrogen (secondary N) is 1. The van der Waals surface area contributed by atoms with Crippen LogP contribution in [0.2, 0.25) is 0 Å². The number of rotatable bonds is 10. The Morgan fingerprint density at radius 3 is 2.23 bits per heavy atom. The second kappa shape index (κ2) is 11.5. The number of aryl methyl sites for hydroxylation is 1. The molecule has 1 saturated heterocycles. The van der Waals surface area contributed by atoms with Crippen LogP contribution >= 0.6 is 0 Å². The molecule has 35 heavy (non-hydrogen) atoms. The van der Waals surface area contributed by atoms with E-state index in [0.717, 1.165) is 16.8 Å². The molecule has 1 aliphatic rings. The number of carbonyl (C=O) groups is 1. The molecular formula is C26H33N5O3S. The zero-order chi connectivity index (χ0) is 26.3. The summed E-state index contributed by atoms with van der Waals surface area (Å²) in [5.74, 6) is -0.211. The van der Waals surface area contributed by atoms with Crippen molar-refractivity contribution in [2.45, 2.75) is 13.8 Å². The quantitative estimate of drug-likeness (QED) is 0.293. The summed E-state index contributed by atoms with van der Waals surface area (Å²) in [5.41, 5.74) is 9.35. The van der Waals surface area contributed by atoms with Gasteiger partial charge in [0.15, 0.2) is 0 Å². The van der Waals surface area contributed by atoms with Gasteiger partial charge in [0.2, 0.25) is 0 Å². The van der Waals surface area contributed by atoms with Crippen LogP contribution in [-0.2, 0) is 14.8 Å². The summed E-state index contributed by atoms with van der Waals surface area (Å²) in [5, 5.41) is 0. The summed E-state index contributed by atoms with van der Waals surface area (Å²) >= 11 is 0. The third-order valence-corrected chi connectivity index (χ3v) is 7.00. The number of hydrogen-bond acceptors (Lipinski definition) is 6. The molecule has 1 heterocycles. The number of nitrogens with zero attached hydrogens (tertiary/aromatic N) is 3. The Hall–Kier alpha value is -3.85. The van der Waals surface area contributed by atoms with Crippen molar-refractivity contribution in [1.29, 1.82) is 0 Å². The molecular weight excluding hydrogens is 462 g/mol. The minimum atomic E-state index is -3.96. The highest BCUT2D eigenvalue weighted by Gasteiger charge is 2.24. The van der Waals surface area contributed by atoms with Gasteiger partial charge in [-0.3, -0.25) is 14.5 Å². The molecule has 2 rings (SSSR count). The highest BCUT2D eigenvalue weighted by Crippen LogP contribution is 2.27. The maximum atomic E-state index is 13.0. The number of allylic oxidation sites excluding steroid dienone is 4. The third-order valence-electron chi connectivity index (χ3n) is 5.57. The molecule has 8 nitrogen and oxygen atoms in total. The fourth-order valence-electron chi connectivity index (χ4n) is 3.66. The van der Waals surface area contributed by atoms with E-state index in [2.05, 4.69) is 47.6 Å². The fourth-order valence-corrected chi connectivity index (χ4v) is 5.00. The second-order valence-corrected chi connectivity index (χ2v) is 9.73. The maximum absolute atomic E-state index is 13.0. The van der Waals surface area contributed by atoms with Crippen LogP contribution < -0.4 is 10.5 Å². The van der Waals surface area contributed by atoms with Gasteiger partial charge in [0, 0.05) is 31.9 Å². The highest BCUT2D eigenvalue weighted by molar-refractivity contribution is 7.96. The molecule has 0 bridgehead atoms. The first-order valence-electron chi connectivity index (χ1n) is 10.9. The molecule has 0 aliphatic carbocycles. The fraction of sp³-hybridized carbons (Fsp3) is 0.231. The van der Waals surface area contributed by atoms with E-state index in [1.54, 1.807) is 24.0 Å². The SMILES string of the molecule is C=C/C=C(\N)C(=O)N1CCN(C(=C)c2ccc(NS(=O)(=O)/C(C=C)=C(\N=C)C(=C)C)c(C)c2)CC1. The van der Waals surface area contributed by atoms with E-state index in [0.29, 0.717) is 37.4 Å². The Bertz CT molecular complexity index is 1230. The van der Waals surface area contributed by atoms with Crippen LogP contribution in [0.25, 0.3) is 5.70 Å². The van der Waals surface area contributed by atoms with Gasteiger partial charge in [-0.05, 0) is 61.5 Å². The van der Waals surface area contributed by atoms with E-state index in [9.17, 15) is 13.2 Å². The van der Waals surface area contributed by atoms with Gasteiger partial charge in [0.1, 0.15) is 4.91 Å². The van der Waals surface area contributed by atoms with Crippen molar-refractivity contribution >= 4 is 34.0 Å². The normalized spacial score (nSPS) is 15.1. The van der Waals surface area contributed by atoms with Crippen molar-refractivity contribution in [2.24, 2.45) is 10.7 Å². The summed E-state index contributed by atoms with van der Waals surface area (Å²) < 4.78 is 28.6. The van der Waals surface area contributed by atoms with E-state index >= 15 is 0 Å². The molecule has 1 aliphatic heterocycles. The lowest BCUT2D eigenvalue weighted by Crippen LogP contribution is -2.48. The number of benzene rings is 1. The van der Waals surface area contributed by atoms with Crippen LogP contribution in [0, 0.1) is 6.92 Å². The van der Waals surface area contributed by atoms with Crippen LogP contribution in [0.4, 0.5) is 5.69 Å². The molecule has 1 aromatic rings. The summed E-state index contributed by atoms with van der Waals surface area (Å²) in [4.78, 5) is 19.9. The zero-order valence-electron chi connectivity index (χ0n) is 20.4. The third kappa shape index (κ3) is 6.39. The lowest BCUT2D eigenvalue weighted by Gasteiger charge is -2.37. The molecule has 0 radical (unpaired) electrons. The van der Waals surface area contributed by atoms with E-state index in [1.165, 1.54) is 18.2 Å². The van der Waals surface area contributed by atoms with Gasteiger partial charge in [-0.2, -0.15) is 0 Å². The van der Waals surface area contributed by atoms with Gasteiger partial charge >= 0.3 is 0 Å². The largest absolute Gasteiger partial charge is 0.394 e. The molecule has 3 N–H and O–H groups in total. The number of sulfonamides is 1. The van der Waals surface area contributed by atoms with Crippen LogP contribution in [-0.4, -0.2) is 57.0 Å². The predicted molar refractivity (Wildman–Crippen MR) is 145 cm³/mol. The van der Waals surface area contributed by atoms with Gasteiger partial charge in [-0.1, -0.05) is 38.5 Å². The number of carbonyl (C=O) groups excluding carboxylic acids is 1. The topological polar surface area (TPSA) is 108 Å². The number of piperazine rings is 1. The Labute approximate surface area is 208 Å². The summed E-state index contributed by atoms with van der Waals surface area (Å²) in [6.07, 6.45) is 4.20. The Morgan fingerprint density at radius 1 is 1.14 bits per heavy atom. The van der Waals surface area contributed by atoms with Crippen molar-refractivity contribution < 1.29 is 13.2 Å². The molecule has 0 atom stereocenters. The molecule has 9 heteroatoms. The summed E-state index contributed by atoms with van der Waals surface area (Å²) in [7, 11) is -3.96. The monoisotopic (exact) mass is 495 g/mol. The molecule has 186 valence electrons. The first-order valence-corrected chi connectivity index (χ1v) is 12.4. The van der Waals surface area contributed by atoms with Crippen LogP contribution in [0.15, 0.2) is 89.6 Å². The Morgan fingerprint density at radius 2 is 1.74 bits per heavy atom. The lowest BCUT2D eigenvalue weighted by molar-refractivity contribution is -0.128. The number of anilines is 1. The summed E-state index contributed by atoms with van der Waals surface area (Å²) in [6, 6.07) is 5.36. The molecule has 1 fully saturated rings. The van der Waals surface area contributed by atoms with E-state index < -0.39 is 10.0 Å². The molecule has 0 unspecified atom stereocenters. The number of hydrogen-bond donors (Lipinski definition) is 2. The molecule has 0 aromatic heterocycles. The minimum absolute atomic E-state index is 0.0936. The standard InChI is InChI=1S/C26H33N5O3S/c1-8-10-22(27)26(32)31-15-13-30(14-16-31)20(6)21-11-12-23(19(5)17-21)29-35(33,34)24(9-2)25(28-7)18(3)4/h8-12,17,29H,1-3,6-7,13-16,27H2,4-5H3/b22-10-,25-24-. The number of amides is 1. The Kier molecular flexibility index (Phi) is 9.02. The number of aliphatic imine (C=N–C) groups is 1. The van der Waals surface area contributed by atoms with Gasteiger partial charge < -0.3 is 15.5 Å². The van der Waals surface area contributed by atoms with Gasteiger partial charge in [0.05, 0.1) is 17.1 Å². The van der Waals surface area contributed by atoms with Crippen LogP contribution in [0.3, 0.4) is 0 Å². The predicted octanol–water partition coefficient (Wildman–Crippen LogP) is 3.55. The first-order chi connectivity index (χ1) is 16.5. The van der Waals surface area contributed by atoms with Crippen molar-refractivity contribution in [1.82, 2.24) is 9.80 Å². The van der Waals surface area contributed by atoms with E-state index in [4.69, 9.17) is 5.73 Å². The van der Waals surface area contributed by atoms with Gasteiger partial charge in [0.25, 0.3) is 15.9 Å². The first kappa shape index (κ1) is 27.4. The van der Waals surface area contributed by atoms with Crippen molar-refractivity contribution in [3.63, 3.8) is 0 Å². The molecule has 1 amide bonds. The van der Waals surface area contributed by atoms with Crippen molar-refractivity contribution in [3.8, 4) is 0 Å². The second-order valence-electron chi connectivity index (χ2n) is 8.07. The minimum Gasteiger partial charge on any atom is -0.394 e. The van der Waals surface area contributed by atoms with Crippen LogP contribution in [0.1, 0.15) is 18.1 Å². The van der Waals surface area contributed by atoms with Gasteiger partial charge in [-0.15, -0.1) is 0 Å². The molecule has 0 saturated carbocycles. The average Bonchev–Trinajstić information content (AvgIpc) is 2.82. The van der Waals surface area contributed by atoms with E-state index in [-0.39, 0.29) is 22.2 Å². The lowest BCUT2D eigenvalue weighted by atomic mass is 10.1. The summed E-state index contributed by atoms with van der Waals surface area (Å²) in [6.45, 7) is 24.3. The maximum Gasteiger partial charge on any atom is 0.269 e. The van der Waals surface area contributed by atoms with Crippen molar-refractivity contribution in [3.05, 3.63) is 95.7 Å². The highest BCUT2D eigenvalue weighted by atomic mass is 32.2. The molecule has 0 spiro atoms. The Balaban J connectivity index is 2.17. The van der Waals surface area contributed by atoms with Gasteiger partial charge in [-0.25, -0.2) is 8.42 Å². The molecule has 1 aromatic carbocycles. The van der Waals surface area contributed by atoms with Crippen molar-refractivity contribution in [2.75, 3.05) is 30.9 Å².